The zero-order valence-corrected chi connectivity index (χ0v) is 8.84. The lowest BCUT2D eigenvalue weighted by molar-refractivity contribution is -0.0474. The van der Waals surface area contributed by atoms with Gasteiger partial charge in [-0.3, -0.25) is 0 Å². The molecule has 0 bridgehead atoms. The van der Waals surface area contributed by atoms with Crippen LogP contribution in [0.25, 0.3) is 0 Å². The Morgan fingerprint density at radius 3 is 2.27 bits per heavy atom. The van der Waals surface area contributed by atoms with Gasteiger partial charge in [0.05, 0.1) is 33.0 Å². The van der Waals surface area contributed by atoms with Crippen LogP contribution in [0.15, 0.2) is 12.7 Å². The molecule has 0 aliphatic carbocycles. The predicted octanol–water partition coefficient (Wildman–Crippen LogP) is -0.690. The lowest BCUT2D eigenvalue weighted by atomic mass is 10.4. The van der Waals surface area contributed by atoms with Gasteiger partial charge in [-0.2, -0.15) is 0 Å². The Hall–Kier alpha value is -0.460. The van der Waals surface area contributed by atoms with E-state index in [0.29, 0.717) is 6.61 Å². The Bertz CT molecular complexity index is 151. The van der Waals surface area contributed by atoms with Crippen LogP contribution in [-0.4, -0.2) is 60.6 Å². The monoisotopic (exact) mass is 220 g/mol. The van der Waals surface area contributed by atoms with Crippen LogP contribution in [0, 0.1) is 0 Å². The van der Waals surface area contributed by atoms with Crippen LogP contribution in [0.3, 0.4) is 0 Å². The minimum absolute atomic E-state index is 0.0141. The molecule has 15 heavy (non-hydrogen) atoms. The van der Waals surface area contributed by atoms with Crippen molar-refractivity contribution in [1.82, 2.24) is 0 Å². The van der Waals surface area contributed by atoms with E-state index >= 15 is 0 Å². The zero-order chi connectivity index (χ0) is 11.5. The van der Waals surface area contributed by atoms with Crippen LogP contribution in [0.5, 0.6) is 0 Å². The number of hydrogen-bond donors (Lipinski definition) is 3. The largest absolute Gasteiger partial charge is 0.394 e. The maximum Gasteiger partial charge on any atom is 0.101 e. The van der Waals surface area contributed by atoms with E-state index in [2.05, 4.69) is 6.58 Å². The van der Waals surface area contributed by atoms with Crippen molar-refractivity contribution in [1.29, 1.82) is 0 Å². The molecule has 0 amide bonds. The Morgan fingerprint density at radius 1 is 1.07 bits per heavy atom. The molecule has 0 aromatic carbocycles. The first-order chi connectivity index (χ1) is 7.20. The third kappa shape index (κ3) is 9.84. The van der Waals surface area contributed by atoms with Crippen LogP contribution in [-0.2, 0) is 9.47 Å². The molecule has 5 heteroatoms. The summed E-state index contributed by atoms with van der Waals surface area (Å²) >= 11 is 0. The number of rotatable bonds is 10. The lowest BCUT2D eigenvalue weighted by Crippen LogP contribution is -2.26. The fourth-order valence-electron chi connectivity index (χ4n) is 0.827. The zero-order valence-electron chi connectivity index (χ0n) is 8.84. The summed E-state index contributed by atoms with van der Waals surface area (Å²) in [6.45, 7) is 4.02. The number of aliphatic hydroxyl groups is 3. The lowest BCUT2D eigenvalue weighted by Gasteiger charge is -2.13. The molecule has 0 aromatic rings. The molecule has 0 saturated carbocycles. The van der Waals surface area contributed by atoms with Gasteiger partial charge in [-0.25, -0.2) is 0 Å². The molecule has 0 spiro atoms. The summed E-state index contributed by atoms with van der Waals surface area (Å²) in [5.74, 6) is 0. The first kappa shape index (κ1) is 14.5. The quantitative estimate of drug-likeness (QED) is 0.335. The summed E-state index contributed by atoms with van der Waals surface area (Å²) in [4.78, 5) is 0. The summed E-state index contributed by atoms with van der Waals surface area (Å²) in [5, 5.41) is 26.7. The van der Waals surface area contributed by atoms with Gasteiger partial charge in [0.25, 0.3) is 0 Å². The van der Waals surface area contributed by atoms with Gasteiger partial charge in [0, 0.05) is 0 Å². The van der Waals surface area contributed by atoms with Gasteiger partial charge in [0.15, 0.2) is 0 Å². The summed E-state index contributed by atoms with van der Waals surface area (Å²) in [5.41, 5.74) is 0. The average molecular weight is 220 g/mol. The fraction of sp³-hybridized carbons (Fsp3) is 0.800. The molecule has 5 nitrogen and oxygen atoms in total. The molecule has 0 saturated heterocycles. The molecule has 0 aliphatic heterocycles. The summed E-state index contributed by atoms with van der Waals surface area (Å²) in [7, 11) is 0. The highest BCUT2D eigenvalue weighted by molar-refractivity contribution is 4.65. The maximum atomic E-state index is 9.31. The standard InChI is InChI=1S/C10H20O5/c1-2-3-4-14-7-10(13)8-15-6-9(12)5-11/h2,9-13H,1,3-8H2. The molecule has 2 atom stereocenters. The second kappa shape index (κ2) is 10.1. The van der Waals surface area contributed by atoms with Crippen molar-refractivity contribution in [3.63, 3.8) is 0 Å². The SMILES string of the molecule is C=CCCOCC(O)COCC(O)CO. The fourth-order valence-corrected chi connectivity index (χ4v) is 0.827. The van der Waals surface area contributed by atoms with Crippen LogP contribution in [0.4, 0.5) is 0 Å². The highest BCUT2D eigenvalue weighted by atomic mass is 16.5. The molecule has 0 aliphatic rings. The van der Waals surface area contributed by atoms with E-state index in [9.17, 15) is 5.11 Å². The third-order valence-electron chi connectivity index (χ3n) is 1.61. The van der Waals surface area contributed by atoms with E-state index in [-0.39, 0.29) is 26.4 Å². The van der Waals surface area contributed by atoms with Crippen LogP contribution in [0.1, 0.15) is 6.42 Å². The summed E-state index contributed by atoms with van der Waals surface area (Å²) in [6.07, 6.45) is 0.886. The Balaban J connectivity index is 3.25. The van der Waals surface area contributed by atoms with Crippen LogP contribution in [0.2, 0.25) is 0 Å². The van der Waals surface area contributed by atoms with Crippen molar-refractivity contribution < 1.29 is 24.8 Å². The molecule has 0 fully saturated rings. The minimum atomic E-state index is -0.890. The summed E-state index contributed by atoms with van der Waals surface area (Å²) < 4.78 is 10.1. The van der Waals surface area contributed by atoms with E-state index in [1.807, 2.05) is 0 Å². The third-order valence-corrected chi connectivity index (χ3v) is 1.61. The number of aliphatic hydroxyl groups excluding tert-OH is 3. The second-order valence-corrected chi connectivity index (χ2v) is 3.18. The highest BCUT2D eigenvalue weighted by Gasteiger charge is 2.06. The van der Waals surface area contributed by atoms with Gasteiger partial charge < -0.3 is 24.8 Å². The molecule has 90 valence electrons. The topological polar surface area (TPSA) is 79.2 Å². The molecular weight excluding hydrogens is 200 g/mol. The van der Waals surface area contributed by atoms with Crippen molar-refractivity contribution in [3.05, 3.63) is 12.7 Å². The first-order valence-corrected chi connectivity index (χ1v) is 4.94. The average Bonchev–Trinajstić information content (AvgIpc) is 2.24. The van der Waals surface area contributed by atoms with Gasteiger partial charge in [-0.1, -0.05) is 6.08 Å². The van der Waals surface area contributed by atoms with Gasteiger partial charge in [-0.15, -0.1) is 6.58 Å². The minimum Gasteiger partial charge on any atom is -0.394 e. The van der Waals surface area contributed by atoms with Gasteiger partial charge in [0.2, 0.25) is 0 Å². The number of ether oxygens (including phenoxy) is 2. The van der Waals surface area contributed by atoms with E-state index in [1.54, 1.807) is 6.08 Å². The van der Waals surface area contributed by atoms with E-state index in [1.165, 1.54) is 0 Å². The van der Waals surface area contributed by atoms with E-state index in [4.69, 9.17) is 19.7 Å². The highest BCUT2D eigenvalue weighted by Crippen LogP contribution is 1.91. The van der Waals surface area contributed by atoms with Gasteiger partial charge in [0.1, 0.15) is 12.2 Å². The Labute approximate surface area is 89.9 Å². The van der Waals surface area contributed by atoms with Crippen molar-refractivity contribution in [2.45, 2.75) is 18.6 Å². The molecule has 0 aromatic heterocycles. The Morgan fingerprint density at radius 2 is 1.67 bits per heavy atom. The first-order valence-electron chi connectivity index (χ1n) is 4.94. The van der Waals surface area contributed by atoms with Crippen molar-refractivity contribution in [3.8, 4) is 0 Å². The molecule has 0 heterocycles. The Kier molecular flexibility index (Phi) is 9.76. The van der Waals surface area contributed by atoms with Gasteiger partial charge in [-0.05, 0) is 6.42 Å². The van der Waals surface area contributed by atoms with Crippen molar-refractivity contribution in [2.24, 2.45) is 0 Å². The smallest absolute Gasteiger partial charge is 0.101 e. The van der Waals surface area contributed by atoms with Gasteiger partial charge >= 0.3 is 0 Å². The van der Waals surface area contributed by atoms with Crippen molar-refractivity contribution >= 4 is 0 Å². The molecular formula is C10H20O5. The normalized spacial score (nSPS) is 14.9. The molecule has 0 rings (SSSR count). The van der Waals surface area contributed by atoms with E-state index in [0.717, 1.165) is 6.42 Å². The maximum absolute atomic E-state index is 9.31. The van der Waals surface area contributed by atoms with E-state index < -0.39 is 12.2 Å². The van der Waals surface area contributed by atoms with Crippen LogP contribution >= 0.6 is 0 Å². The predicted molar refractivity (Wildman–Crippen MR) is 55.6 cm³/mol. The molecule has 3 N–H and O–H groups in total. The number of hydrogen-bond acceptors (Lipinski definition) is 5. The summed E-state index contributed by atoms with van der Waals surface area (Å²) in [6, 6.07) is 0. The van der Waals surface area contributed by atoms with Crippen molar-refractivity contribution in [2.75, 3.05) is 33.0 Å². The molecule has 2 unspecified atom stereocenters. The van der Waals surface area contributed by atoms with Crippen LogP contribution < -0.4 is 0 Å². The second-order valence-electron chi connectivity index (χ2n) is 3.18. The molecule has 0 radical (unpaired) electrons.